The van der Waals surface area contributed by atoms with Gasteiger partial charge in [0.05, 0.1) is 15.2 Å². The lowest BCUT2D eigenvalue weighted by molar-refractivity contribution is -0.385. The molecule has 8 nitrogen and oxygen atoms in total. The zero-order chi connectivity index (χ0) is 25.6. The molecule has 194 valence electrons. The van der Waals surface area contributed by atoms with E-state index in [9.17, 15) is 14.9 Å². The highest BCUT2D eigenvalue weighted by Gasteiger charge is 2.29. The number of amides is 1. The summed E-state index contributed by atoms with van der Waals surface area (Å²) in [6.07, 6.45) is 7.71. The first-order valence-corrected chi connectivity index (χ1v) is 13.9. The molecule has 1 saturated heterocycles. The molecule has 0 bridgehead atoms. The van der Waals surface area contributed by atoms with E-state index in [2.05, 4.69) is 39.4 Å². The van der Waals surface area contributed by atoms with Crippen LogP contribution in [0, 0.1) is 22.0 Å². The molecule has 2 heterocycles. The number of benzene rings is 2. The molecule has 0 radical (unpaired) electrons. The SMILES string of the molecule is O=C(/C=C/c1ccccc1[N+](=O)[O-])NC[C@@H]1CCCC[C@@H]1CN1CCN(c2nsc3ccccc23)CC1. The predicted octanol–water partition coefficient (Wildman–Crippen LogP) is 4.96. The highest BCUT2D eigenvalue weighted by molar-refractivity contribution is 7.13. The molecule has 1 aliphatic carbocycles. The smallest absolute Gasteiger partial charge is 0.276 e. The second-order valence-electron chi connectivity index (χ2n) is 9.99. The number of nitro groups is 1. The number of rotatable bonds is 8. The molecule has 1 amide bonds. The summed E-state index contributed by atoms with van der Waals surface area (Å²) in [6, 6.07) is 14.9. The number of nitro benzene ring substituents is 1. The third kappa shape index (κ3) is 6.17. The lowest BCUT2D eigenvalue weighted by Crippen LogP contribution is -2.49. The maximum atomic E-state index is 12.5. The Morgan fingerprint density at radius 3 is 2.59 bits per heavy atom. The number of carbonyl (C=O) groups is 1. The van der Waals surface area contributed by atoms with Gasteiger partial charge in [0.15, 0.2) is 0 Å². The monoisotopic (exact) mass is 519 g/mol. The molecule has 9 heteroatoms. The van der Waals surface area contributed by atoms with E-state index in [-0.39, 0.29) is 11.6 Å². The molecule has 2 fully saturated rings. The fraction of sp³-hybridized carbons (Fsp3) is 0.429. The molecule has 1 N–H and O–H groups in total. The number of carbonyl (C=O) groups excluding carboxylic acids is 1. The molecule has 37 heavy (non-hydrogen) atoms. The van der Waals surface area contributed by atoms with Crippen LogP contribution in [0.15, 0.2) is 54.6 Å². The van der Waals surface area contributed by atoms with Crippen molar-refractivity contribution < 1.29 is 9.72 Å². The number of anilines is 1. The van der Waals surface area contributed by atoms with Crippen molar-refractivity contribution in [3.63, 3.8) is 0 Å². The van der Waals surface area contributed by atoms with E-state index in [1.807, 2.05) is 0 Å². The van der Waals surface area contributed by atoms with Gasteiger partial charge in [-0.15, -0.1) is 0 Å². The zero-order valence-corrected chi connectivity index (χ0v) is 21.7. The van der Waals surface area contributed by atoms with Gasteiger partial charge in [0.2, 0.25) is 5.91 Å². The van der Waals surface area contributed by atoms with Crippen LogP contribution in [0.2, 0.25) is 0 Å². The average Bonchev–Trinajstić information content (AvgIpc) is 3.36. The lowest BCUT2D eigenvalue weighted by Gasteiger charge is -2.40. The van der Waals surface area contributed by atoms with Crippen molar-refractivity contribution in [3.05, 3.63) is 70.3 Å². The van der Waals surface area contributed by atoms with Crippen LogP contribution in [0.25, 0.3) is 16.2 Å². The largest absolute Gasteiger partial charge is 0.353 e. The summed E-state index contributed by atoms with van der Waals surface area (Å²) in [4.78, 5) is 28.2. The van der Waals surface area contributed by atoms with Crippen LogP contribution in [-0.2, 0) is 4.79 Å². The van der Waals surface area contributed by atoms with Gasteiger partial charge in [0.25, 0.3) is 5.69 Å². The maximum absolute atomic E-state index is 12.5. The first kappa shape index (κ1) is 25.4. The van der Waals surface area contributed by atoms with Crippen LogP contribution >= 0.6 is 11.5 Å². The van der Waals surface area contributed by atoms with Crippen molar-refractivity contribution in [3.8, 4) is 0 Å². The number of hydrogen-bond acceptors (Lipinski definition) is 7. The Morgan fingerprint density at radius 1 is 1.05 bits per heavy atom. The van der Waals surface area contributed by atoms with Crippen molar-refractivity contribution in [1.29, 1.82) is 0 Å². The molecule has 3 aromatic rings. The molecule has 5 rings (SSSR count). The van der Waals surface area contributed by atoms with Crippen molar-refractivity contribution in [2.24, 2.45) is 11.8 Å². The predicted molar refractivity (Wildman–Crippen MR) is 149 cm³/mol. The standard InChI is InChI=1S/C28H33N5O3S/c34-27(14-13-21-7-3-5-11-25(21)33(35)36)29-19-22-8-1-2-9-23(22)20-31-15-17-32(18-16-31)28-24-10-4-6-12-26(24)37-30-28/h3-7,10-14,22-23H,1-2,8-9,15-20H2,(H,29,34)/b14-13+/t22-,23+/m0/s1. The fourth-order valence-electron chi connectivity index (χ4n) is 5.62. The summed E-state index contributed by atoms with van der Waals surface area (Å²) in [5.41, 5.74) is 0.435. The van der Waals surface area contributed by atoms with Crippen LogP contribution in [0.5, 0.6) is 0 Å². The first-order chi connectivity index (χ1) is 18.1. The molecule has 2 atom stereocenters. The van der Waals surface area contributed by atoms with E-state index >= 15 is 0 Å². The number of para-hydroxylation sites is 1. The molecule has 0 spiro atoms. The van der Waals surface area contributed by atoms with Gasteiger partial charge in [-0.05, 0) is 60.5 Å². The van der Waals surface area contributed by atoms with Crippen LogP contribution in [0.4, 0.5) is 11.5 Å². The Kier molecular flexibility index (Phi) is 8.11. The van der Waals surface area contributed by atoms with E-state index in [1.54, 1.807) is 29.7 Å². The van der Waals surface area contributed by atoms with Crippen LogP contribution < -0.4 is 10.2 Å². The number of nitrogens with zero attached hydrogens (tertiary/aromatic N) is 4. The molecule has 1 saturated carbocycles. The van der Waals surface area contributed by atoms with E-state index in [4.69, 9.17) is 4.37 Å². The second kappa shape index (κ2) is 11.8. The Bertz CT molecular complexity index is 1270. The molecule has 2 aromatic carbocycles. The van der Waals surface area contributed by atoms with E-state index in [0.717, 1.165) is 45.0 Å². The molecule has 0 unspecified atom stereocenters. The minimum absolute atomic E-state index is 0.00181. The normalized spacial score (nSPS) is 20.9. The van der Waals surface area contributed by atoms with Crippen molar-refractivity contribution >= 4 is 45.1 Å². The number of piperazine rings is 1. The van der Waals surface area contributed by atoms with Gasteiger partial charge in [0.1, 0.15) is 5.82 Å². The molecule has 1 aromatic heterocycles. The van der Waals surface area contributed by atoms with Gasteiger partial charge in [0, 0.05) is 56.8 Å². The van der Waals surface area contributed by atoms with Gasteiger partial charge in [-0.25, -0.2) is 0 Å². The van der Waals surface area contributed by atoms with Crippen molar-refractivity contribution in [2.45, 2.75) is 25.7 Å². The van der Waals surface area contributed by atoms with Gasteiger partial charge < -0.3 is 10.2 Å². The minimum atomic E-state index is -0.427. The van der Waals surface area contributed by atoms with Gasteiger partial charge >= 0.3 is 0 Å². The highest BCUT2D eigenvalue weighted by Crippen LogP contribution is 2.32. The number of hydrogen-bond donors (Lipinski definition) is 1. The second-order valence-corrected chi connectivity index (χ2v) is 10.8. The van der Waals surface area contributed by atoms with Crippen molar-refractivity contribution in [2.75, 3.05) is 44.2 Å². The molecule has 2 aliphatic rings. The van der Waals surface area contributed by atoms with Crippen LogP contribution in [0.3, 0.4) is 0 Å². The van der Waals surface area contributed by atoms with E-state index in [0.29, 0.717) is 23.9 Å². The van der Waals surface area contributed by atoms with Crippen molar-refractivity contribution in [1.82, 2.24) is 14.6 Å². The first-order valence-electron chi connectivity index (χ1n) is 13.1. The number of aromatic nitrogens is 1. The zero-order valence-electron chi connectivity index (χ0n) is 20.9. The highest BCUT2D eigenvalue weighted by atomic mass is 32.1. The third-order valence-electron chi connectivity index (χ3n) is 7.68. The summed E-state index contributed by atoms with van der Waals surface area (Å²) >= 11 is 1.57. The Balaban J connectivity index is 1.12. The number of fused-ring (bicyclic) bond motifs is 1. The van der Waals surface area contributed by atoms with Gasteiger partial charge in [-0.3, -0.25) is 19.8 Å². The Labute approximate surface area is 221 Å². The topological polar surface area (TPSA) is 91.6 Å². The maximum Gasteiger partial charge on any atom is 0.276 e. The van der Waals surface area contributed by atoms with E-state index in [1.165, 1.54) is 47.6 Å². The third-order valence-corrected chi connectivity index (χ3v) is 8.49. The minimum Gasteiger partial charge on any atom is -0.353 e. The van der Waals surface area contributed by atoms with Crippen LogP contribution in [-0.4, -0.2) is 59.4 Å². The summed E-state index contributed by atoms with van der Waals surface area (Å²) in [5.74, 6) is 1.94. The lowest BCUT2D eigenvalue weighted by atomic mass is 9.78. The summed E-state index contributed by atoms with van der Waals surface area (Å²) < 4.78 is 5.97. The van der Waals surface area contributed by atoms with E-state index < -0.39 is 4.92 Å². The molecule has 1 aliphatic heterocycles. The van der Waals surface area contributed by atoms with Crippen LogP contribution in [0.1, 0.15) is 31.2 Å². The molecular formula is C28H33N5O3S. The molecular weight excluding hydrogens is 486 g/mol. The summed E-state index contributed by atoms with van der Waals surface area (Å²) in [5, 5.41) is 15.5. The van der Waals surface area contributed by atoms with Gasteiger partial charge in [-0.1, -0.05) is 37.1 Å². The fourth-order valence-corrected chi connectivity index (χ4v) is 6.41. The summed E-state index contributed by atoms with van der Waals surface area (Å²) in [7, 11) is 0. The Hall–Kier alpha value is -3.30. The van der Waals surface area contributed by atoms with Gasteiger partial charge in [-0.2, -0.15) is 4.37 Å². The quantitative estimate of drug-likeness (QED) is 0.257. The summed E-state index contributed by atoms with van der Waals surface area (Å²) in [6.45, 7) is 5.74. The number of nitrogens with one attached hydrogen (secondary N) is 1. The Morgan fingerprint density at radius 2 is 1.78 bits per heavy atom. The average molecular weight is 520 g/mol.